The molecule has 0 aliphatic rings. The molecule has 2 N–H and O–H groups in total. The molecule has 0 saturated carbocycles. The van der Waals surface area contributed by atoms with Gasteiger partial charge in [-0.2, -0.15) is 5.10 Å². The van der Waals surface area contributed by atoms with E-state index in [-0.39, 0.29) is 10.6 Å². The molecular formula is C23H19ClN4O3S. The number of rotatable bonds is 6. The Bertz CT molecular complexity index is 1370. The maximum Gasteiger partial charge on any atom is 0.276 e. The number of para-hydroxylation sites is 1. The molecule has 0 aliphatic heterocycles. The fourth-order valence-corrected chi connectivity index (χ4v) is 4.31. The molecule has 1 aromatic heterocycles. The number of aromatic nitrogens is 2. The van der Waals surface area contributed by atoms with Crippen LogP contribution in [0.4, 0.5) is 11.4 Å². The van der Waals surface area contributed by atoms with Crippen molar-refractivity contribution in [1.82, 2.24) is 9.78 Å². The number of sulfonamides is 1. The van der Waals surface area contributed by atoms with Crippen molar-refractivity contribution in [2.45, 2.75) is 11.8 Å². The van der Waals surface area contributed by atoms with E-state index in [2.05, 4.69) is 15.1 Å². The monoisotopic (exact) mass is 466 g/mol. The number of carbonyl (C=O) groups is 1. The number of nitrogens with one attached hydrogen (secondary N) is 2. The molecule has 0 spiro atoms. The van der Waals surface area contributed by atoms with Gasteiger partial charge in [0, 0.05) is 22.1 Å². The van der Waals surface area contributed by atoms with Crippen molar-refractivity contribution in [3.05, 3.63) is 101 Å². The van der Waals surface area contributed by atoms with E-state index < -0.39 is 15.9 Å². The minimum Gasteiger partial charge on any atom is -0.321 e. The van der Waals surface area contributed by atoms with Crippen molar-refractivity contribution in [1.29, 1.82) is 0 Å². The van der Waals surface area contributed by atoms with Gasteiger partial charge in [0.05, 0.1) is 10.6 Å². The van der Waals surface area contributed by atoms with Gasteiger partial charge in [0.15, 0.2) is 5.69 Å². The fraction of sp³-hybridized carbons (Fsp3) is 0.0435. The lowest BCUT2D eigenvalue weighted by molar-refractivity contribution is 0.102. The summed E-state index contributed by atoms with van der Waals surface area (Å²) < 4.78 is 29.6. The Hall–Kier alpha value is -3.62. The largest absolute Gasteiger partial charge is 0.321 e. The van der Waals surface area contributed by atoms with Crippen LogP contribution in [0.1, 0.15) is 16.2 Å². The van der Waals surface area contributed by atoms with Gasteiger partial charge in [0.1, 0.15) is 0 Å². The molecule has 32 heavy (non-hydrogen) atoms. The highest BCUT2D eigenvalue weighted by atomic mass is 35.5. The van der Waals surface area contributed by atoms with Gasteiger partial charge in [-0.05, 0) is 67.6 Å². The standard InChI is InChI=1S/C23H19ClN4O3S/c1-16-14-22(26-28(16)20-7-3-2-4-8-20)23(29)25-19-6-5-9-21(15-19)32(30,31)27-18-12-10-17(24)11-13-18/h2-15,27H,1H3,(H,25,29). The van der Waals surface area contributed by atoms with Crippen LogP contribution in [0.3, 0.4) is 0 Å². The summed E-state index contributed by atoms with van der Waals surface area (Å²) in [5.41, 5.74) is 2.57. The minimum absolute atomic E-state index is 0.0104. The third kappa shape index (κ3) is 4.82. The van der Waals surface area contributed by atoms with E-state index in [0.29, 0.717) is 16.4 Å². The van der Waals surface area contributed by atoms with Gasteiger partial charge in [0.25, 0.3) is 15.9 Å². The summed E-state index contributed by atoms with van der Waals surface area (Å²) >= 11 is 5.84. The van der Waals surface area contributed by atoms with Gasteiger partial charge in [-0.3, -0.25) is 9.52 Å². The zero-order chi connectivity index (χ0) is 22.7. The Labute approximate surface area is 190 Å². The van der Waals surface area contributed by atoms with Crippen LogP contribution in [0.25, 0.3) is 5.69 Å². The highest BCUT2D eigenvalue weighted by Crippen LogP contribution is 2.21. The molecule has 9 heteroatoms. The number of carbonyl (C=O) groups excluding carboxylic acids is 1. The topological polar surface area (TPSA) is 93.1 Å². The van der Waals surface area contributed by atoms with Crippen molar-refractivity contribution in [3.63, 3.8) is 0 Å². The van der Waals surface area contributed by atoms with Crippen molar-refractivity contribution >= 4 is 38.9 Å². The molecule has 0 unspecified atom stereocenters. The number of benzene rings is 3. The molecule has 0 saturated heterocycles. The Morgan fingerprint density at radius 3 is 2.34 bits per heavy atom. The normalized spacial score (nSPS) is 11.2. The molecule has 7 nitrogen and oxygen atoms in total. The molecule has 0 radical (unpaired) electrons. The van der Waals surface area contributed by atoms with E-state index in [9.17, 15) is 13.2 Å². The summed E-state index contributed by atoms with van der Waals surface area (Å²) in [4.78, 5) is 12.7. The van der Waals surface area contributed by atoms with Crippen LogP contribution in [-0.2, 0) is 10.0 Å². The van der Waals surface area contributed by atoms with Crippen molar-refractivity contribution in [2.24, 2.45) is 0 Å². The maximum absolute atomic E-state index is 12.7. The molecule has 0 aliphatic carbocycles. The highest BCUT2D eigenvalue weighted by molar-refractivity contribution is 7.92. The van der Waals surface area contributed by atoms with E-state index in [4.69, 9.17) is 11.6 Å². The van der Waals surface area contributed by atoms with Crippen LogP contribution < -0.4 is 10.0 Å². The summed E-state index contributed by atoms with van der Waals surface area (Å²) in [6.07, 6.45) is 0. The van der Waals surface area contributed by atoms with Crippen LogP contribution in [0.2, 0.25) is 5.02 Å². The predicted molar refractivity (Wildman–Crippen MR) is 125 cm³/mol. The first-order valence-corrected chi connectivity index (χ1v) is 11.5. The Balaban J connectivity index is 1.53. The third-order valence-electron chi connectivity index (χ3n) is 4.62. The average Bonchev–Trinajstić information content (AvgIpc) is 3.18. The summed E-state index contributed by atoms with van der Waals surface area (Å²) in [6.45, 7) is 1.85. The lowest BCUT2D eigenvalue weighted by Gasteiger charge is -2.10. The SMILES string of the molecule is Cc1cc(C(=O)Nc2cccc(S(=O)(=O)Nc3ccc(Cl)cc3)c2)nn1-c1ccccc1. The molecule has 4 rings (SSSR count). The third-order valence-corrected chi connectivity index (χ3v) is 6.25. The Morgan fingerprint density at radius 2 is 1.62 bits per heavy atom. The zero-order valence-corrected chi connectivity index (χ0v) is 18.6. The molecule has 0 fully saturated rings. The molecule has 3 aromatic carbocycles. The van der Waals surface area contributed by atoms with E-state index in [1.54, 1.807) is 47.1 Å². The molecular weight excluding hydrogens is 448 g/mol. The Kier molecular flexibility index (Phi) is 5.98. The van der Waals surface area contributed by atoms with Gasteiger partial charge >= 0.3 is 0 Å². The zero-order valence-electron chi connectivity index (χ0n) is 17.0. The van der Waals surface area contributed by atoms with E-state index in [0.717, 1.165) is 11.4 Å². The van der Waals surface area contributed by atoms with Gasteiger partial charge in [-0.1, -0.05) is 35.9 Å². The average molecular weight is 467 g/mol. The van der Waals surface area contributed by atoms with Gasteiger partial charge in [-0.15, -0.1) is 0 Å². The molecule has 1 heterocycles. The van der Waals surface area contributed by atoms with Crippen LogP contribution in [-0.4, -0.2) is 24.1 Å². The number of anilines is 2. The molecule has 162 valence electrons. The highest BCUT2D eigenvalue weighted by Gasteiger charge is 2.17. The summed E-state index contributed by atoms with van der Waals surface area (Å²) in [6, 6.07) is 23.4. The maximum atomic E-state index is 12.7. The molecule has 0 atom stereocenters. The van der Waals surface area contributed by atoms with Crippen molar-refractivity contribution in [2.75, 3.05) is 10.0 Å². The number of hydrogen-bond donors (Lipinski definition) is 2. The lowest BCUT2D eigenvalue weighted by Crippen LogP contribution is -2.15. The minimum atomic E-state index is -3.85. The number of hydrogen-bond acceptors (Lipinski definition) is 4. The number of nitrogens with zero attached hydrogens (tertiary/aromatic N) is 2. The van der Waals surface area contributed by atoms with Gasteiger partial charge < -0.3 is 5.32 Å². The first-order chi connectivity index (χ1) is 15.3. The molecule has 4 aromatic rings. The molecule has 0 bridgehead atoms. The van der Waals surface area contributed by atoms with Crippen LogP contribution >= 0.6 is 11.6 Å². The predicted octanol–water partition coefficient (Wildman–Crippen LogP) is 4.89. The second-order valence-electron chi connectivity index (χ2n) is 7.01. The smallest absolute Gasteiger partial charge is 0.276 e. The lowest BCUT2D eigenvalue weighted by atomic mass is 10.3. The fourth-order valence-electron chi connectivity index (χ4n) is 3.08. The van der Waals surface area contributed by atoms with Crippen molar-refractivity contribution in [3.8, 4) is 5.69 Å². The second-order valence-corrected chi connectivity index (χ2v) is 9.13. The van der Waals surface area contributed by atoms with Crippen LogP contribution in [0.15, 0.2) is 89.8 Å². The second kappa shape index (κ2) is 8.86. The summed E-state index contributed by atoms with van der Waals surface area (Å²) in [5.74, 6) is -0.442. The summed E-state index contributed by atoms with van der Waals surface area (Å²) in [7, 11) is -3.85. The number of halogens is 1. The van der Waals surface area contributed by atoms with Gasteiger partial charge in [-0.25, -0.2) is 13.1 Å². The van der Waals surface area contributed by atoms with E-state index in [1.165, 1.54) is 12.1 Å². The first-order valence-electron chi connectivity index (χ1n) is 9.64. The summed E-state index contributed by atoms with van der Waals surface area (Å²) in [5, 5.41) is 7.59. The van der Waals surface area contributed by atoms with Crippen LogP contribution in [0, 0.1) is 6.92 Å². The Morgan fingerprint density at radius 1 is 0.906 bits per heavy atom. The first kappa shape index (κ1) is 21.6. The number of amides is 1. The van der Waals surface area contributed by atoms with E-state index in [1.807, 2.05) is 37.3 Å². The van der Waals surface area contributed by atoms with E-state index >= 15 is 0 Å². The molecule has 1 amide bonds. The quantitative estimate of drug-likeness (QED) is 0.423. The van der Waals surface area contributed by atoms with Crippen molar-refractivity contribution < 1.29 is 13.2 Å². The number of aryl methyl sites for hydroxylation is 1. The van der Waals surface area contributed by atoms with Crippen LogP contribution in [0.5, 0.6) is 0 Å². The van der Waals surface area contributed by atoms with Gasteiger partial charge in [0.2, 0.25) is 0 Å².